The Bertz CT molecular complexity index is 722. The molecule has 0 radical (unpaired) electrons. The zero-order chi connectivity index (χ0) is 17.9. The quantitative estimate of drug-likeness (QED) is 0.785. The first-order valence-corrected chi connectivity index (χ1v) is 10.4. The van der Waals surface area contributed by atoms with Crippen LogP contribution >= 0.6 is 0 Å². The molecule has 25 heavy (non-hydrogen) atoms. The summed E-state index contributed by atoms with van der Waals surface area (Å²) in [6.45, 7) is 3.90. The van der Waals surface area contributed by atoms with Crippen LogP contribution in [-0.2, 0) is 14.6 Å². The van der Waals surface area contributed by atoms with Crippen molar-refractivity contribution in [3.8, 4) is 11.5 Å². The number of nitrogens with zero attached hydrogens (tertiary/aromatic N) is 1. The third-order valence-electron chi connectivity index (χ3n) is 4.44. The summed E-state index contributed by atoms with van der Waals surface area (Å²) in [5.41, 5.74) is 0. The highest BCUT2D eigenvalue weighted by molar-refractivity contribution is 7.91. The molecule has 7 nitrogen and oxygen atoms in total. The molecule has 3 rings (SSSR count). The third-order valence-corrected chi connectivity index (χ3v) is 6.21. The fourth-order valence-electron chi connectivity index (χ4n) is 3.13. The van der Waals surface area contributed by atoms with Gasteiger partial charge in [-0.2, -0.15) is 0 Å². The maximum atomic E-state index is 12.2. The van der Waals surface area contributed by atoms with E-state index in [1.54, 1.807) is 0 Å². The van der Waals surface area contributed by atoms with Gasteiger partial charge in [0.2, 0.25) is 5.91 Å². The summed E-state index contributed by atoms with van der Waals surface area (Å²) in [4.78, 5) is 14.2. The van der Waals surface area contributed by atoms with Crippen molar-refractivity contribution in [3.05, 3.63) is 24.3 Å². The van der Waals surface area contributed by atoms with Gasteiger partial charge in [-0.3, -0.25) is 9.69 Å². The highest BCUT2D eigenvalue weighted by Gasteiger charge is 2.29. The second-order valence-corrected chi connectivity index (χ2v) is 8.72. The molecule has 2 heterocycles. The van der Waals surface area contributed by atoms with Crippen molar-refractivity contribution in [2.75, 3.05) is 37.7 Å². The summed E-state index contributed by atoms with van der Waals surface area (Å²) in [5.74, 6) is 1.50. The molecule has 1 saturated heterocycles. The minimum atomic E-state index is -2.99. The van der Waals surface area contributed by atoms with E-state index in [1.165, 1.54) is 0 Å². The van der Waals surface area contributed by atoms with Crippen molar-refractivity contribution in [2.45, 2.75) is 25.5 Å². The number of carbonyl (C=O) groups is 1. The number of para-hydroxylation sites is 2. The van der Waals surface area contributed by atoms with E-state index in [-0.39, 0.29) is 36.1 Å². The number of carbonyl (C=O) groups excluding carboxylic acids is 1. The molecule has 8 heteroatoms. The average molecular weight is 368 g/mol. The molecule has 0 aliphatic carbocycles. The summed E-state index contributed by atoms with van der Waals surface area (Å²) in [6, 6.07) is 7.26. The summed E-state index contributed by atoms with van der Waals surface area (Å²) in [7, 11) is -2.99. The maximum absolute atomic E-state index is 12.2. The molecule has 0 spiro atoms. The molecule has 138 valence electrons. The number of sulfone groups is 1. The fourth-order valence-corrected chi connectivity index (χ4v) is 4.81. The molecule has 0 aromatic heterocycles. The van der Waals surface area contributed by atoms with Crippen molar-refractivity contribution in [1.82, 2.24) is 10.2 Å². The SMILES string of the molecule is CCN(CC(=O)NC1CCS(=O)(=O)C1)CC1COc2ccccc2O1. The van der Waals surface area contributed by atoms with Gasteiger partial charge in [-0.25, -0.2) is 8.42 Å². The van der Waals surface area contributed by atoms with Crippen LogP contribution in [0.5, 0.6) is 11.5 Å². The number of likely N-dealkylation sites (N-methyl/N-ethyl adjacent to an activating group) is 1. The van der Waals surface area contributed by atoms with E-state index in [4.69, 9.17) is 9.47 Å². The Morgan fingerprint density at radius 1 is 1.32 bits per heavy atom. The molecule has 0 bridgehead atoms. The Labute approximate surface area is 148 Å². The van der Waals surface area contributed by atoms with Gasteiger partial charge in [0.25, 0.3) is 0 Å². The second kappa shape index (κ2) is 7.61. The Morgan fingerprint density at radius 3 is 2.76 bits per heavy atom. The van der Waals surface area contributed by atoms with Gasteiger partial charge < -0.3 is 14.8 Å². The average Bonchev–Trinajstić information content (AvgIpc) is 2.92. The van der Waals surface area contributed by atoms with Crippen LogP contribution in [0.15, 0.2) is 24.3 Å². The molecule has 1 amide bonds. The molecular formula is C17H24N2O5S. The lowest BCUT2D eigenvalue weighted by molar-refractivity contribution is -0.123. The first kappa shape index (κ1) is 18.0. The number of hydrogen-bond acceptors (Lipinski definition) is 6. The minimum Gasteiger partial charge on any atom is -0.486 e. The zero-order valence-corrected chi connectivity index (χ0v) is 15.1. The lowest BCUT2D eigenvalue weighted by atomic mass is 10.2. The van der Waals surface area contributed by atoms with Crippen molar-refractivity contribution in [3.63, 3.8) is 0 Å². The Hall–Kier alpha value is -1.80. The van der Waals surface area contributed by atoms with Gasteiger partial charge in [0, 0.05) is 12.6 Å². The van der Waals surface area contributed by atoms with Crippen molar-refractivity contribution in [1.29, 1.82) is 0 Å². The lowest BCUT2D eigenvalue weighted by Crippen LogP contribution is -2.47. The number of benzene rings is 1. The van der Waals surface area contributed by atoms with E-state index in [2.05, 4.69) is 5.32 Å². The van der Waals surface area contributed by atoms with E-state index in [0.717, 1.165) is 11.5 Å². The van der Waals surface area contributed by atoms with Crippen LogP contribution in [0.25, 0.3) is 0 Å². The first-order chi connectivity index (χ1) is 11.9. The van der Waals surface area contributed by atoms with Crippen LogP contribution in [0, 0.1) is 0 Å². The van der Waals surface area contributed by atoms with Crippen molar-refractivity contribution >= 4 is 15.7 Å². The highest BCUT2D eigenvalue weighted by Crippen LogP contribution is 2.30. The van der Waals surface area contributed by atoms with Gasteiger partial charge in [-0.15, -0.1) is 0 Å². The van der Waals surface area contributed by atoms with E-state index in [0.29, 0.717) is 26.1 Å². The van der Waals surface area contributed by atoms with Crippen LogP contribution in [0.3, 0.4) is 0 Å². The van der Waals surface area contributed by atoms with Crippen LogP contribution in [0.1, 0.15) is 13.3 Å². The fraction of sp³-hybridized carbons (Fsp3) is 0.588. The van der Waals surface area contributed by atoms with Gasteiger partial charge in [-0.1, -0.05) is 19.1 Å². The number of rotatable bonds is 6. The van der Waals surface area contributed by atoms with Crippen molar-refractivity contribution in [2.24, 2.45) is 0 Å². The lowest BCUT2D eigenvalue weighted by Gasteiger charge is -2.30. The van der Waals surface area contributed by atoms with Gasteiger partial charge in [0.1, 0.15) is 12.7 Å². The van der Waals surface area contributed by atoms with Gasteiger partial charge in [0.05, 0.1) is 18.1 Å². The van der Waals surface area contributed by atoms with Crippen LogP contribution in [-0.4, -0.2) is 69.1 Å². The summed E-state index contributed by atoms with van der Waals surface area (Å²) in [5, 5.41) is 2.82. The molecule has 2 atom stereocenters. The summed E-state index contributed by atoms with van der Waals surface area (Å²) >= 11 is 0. The predicted octanol–water partition coefficient (Wildman–Crippen LogP) is 0.452. The molecule has 1 aromatic rings. The zero-order valence-electron chi connectivity index (χ0n) is 14.3. The molecule has 1 N–H and O–H groups in total. The van der Waals surface area contributed by atoms with E-state index in [1.807, 2.05) is 36.1 Å². The first-order valence-electron chi connectivity index (χ1n) is 8.56. The topological polar surface area (TPSA) is 84.9 Å². The van der Waals surface area contributed by atoms with Gasteiger partial charge in [-0.05, 0) is 25.1 Å². The van der Waals surface area contributed by atoms with E-state index >= 15 is 0 Å². The number of hydrogen-bond donors (Lipinski definition) is 1. The van der Waals surface area contributed by atoms with E-state index in [9.17, 15) is 13.2 Å². The Kier molecular flexibility index (Phi) is 5.48. The minimum absolute atomic E-state index is 0.0429. The monoisotopic (exact) mass is 368 g/mol. The Morgan fingerprint density at radius 2 is 2.08 bits per heavy atom. The van der Waals surface area contributed by atoms with E-state index < -0.39 is 9.84 Å². The largest absolute Gasteiger partial charge is 0.486 e. The molecule has 0 saturated carbocycles. The maximum Gasteiger partial charge on any atom is 0.234 e. The number of ether oxygens (including phenoxy) is 2. The van der Waals surface area contributed by atoms with Gasteiger partial charge >= 0.3 is 0 Å². The smallest absolute Gasteiger partial charge is 0.234 e. The van der Waals surface area contributed by atoms with Crippen LogP contribution in [0.4, 0.5) is 0 Å². The van der Waals surface area contributed by atoms with Crippen LogP contribution < -0.4 is 14.8 Å². The number of fused-ring (bicyclic) bond motifs is 1. The molecule has 1 fully saturated rings. The third kappa shape index (κ3) is 4.85. The summed E-state index contributed by atoms with van der Waals surface area (Å²) in [6.07, 6.45) is 0.353. The number of amides is 1. The number of nitrogens with one attached hydrogen (secondary N) is 1. The van der Waals surface area contributed by atoms with Crippen molar-refractivity contribution < 1.29 is 22.7 Å². The molecule has 2 aliphatic heterocycles. The molecular weight excluding hydrogens is 344 g/mol. The second-order valence-electron chi connectivity index (χ2n) is 6.49. The normalized spacial score (nSPS) is 24.2. The van der Waals surface area contributed by atoms with Crippen LogP contribution in [0.2, 0.25) is 0 Å². The molecule has 1 aromatic carbocycles. The highest BCUT2D eigenvalue weighted by atomic mass is 32.2. The molecule has 2 unspecified atom stereocenters. The summed E-state index contributed by atoms with van der Waals surface area (Å²) < 4.78 is 34.6. The van der Waals surface area contributed by atoms with Gasteiger partial charge in [0.15, 0.2) is 21.3 Å². The predicted molar refractivity (Wildman–Crippen MR) is 93.7 cm³/mol. The standard InChI is InChI=1S/C17H24N2O5S/c1-2-19(10-17(20)18-13-7-8-25(21,22)12-13)9-14-11-23-15-5-3-4-6-16(15)24-14/h3-6,13-14H,2,7-12H2,1H3,(H,18,20). The Balaban J connectivity index is 1.49. The molecule has 2 aliphatic rings.